The van der Waals surface area contributed by atoms with Crippen molar-refractivity contribution in [1.82, 2.24) is 30.2 Å². The molecule has 3 N–H and O–H groups in total. The molecule has 8 nitrogen and oxygen atoms in total. The van der Waals surface area contributed by atoms with E-state index in [2.05, 4.69) is 37.4 Å². The number of amides is 1. The van der Waals surface area contributed by atoms with Crippen molar-refractivity contribution in [2.24, 2.45) is 0 Å². The maximum absolute atomic E-state index is 12.6. The summed E-state index contributed by atoms with van der Waals surface area (Å²) in [5.74, 6) is 0.179. The Labute approximate surface area is 199 Å². The summed E-state index contributed by atoms with van der Waals surface area (Å²) < 4.78 is 0. The molecule has 1 saturated heterocycles. The molecule has 0 unspecified atom stereocenters. The number of H-pyrrole nitrogens is 1. The van der Waals surface area contributed by atoms with Crippen molar-refractivity contribution in [2.45, 2.75) is 32.6 Å². The number of pyridine rings is 2. The number of nitrogens with zero attached hydrogens (tertiary/aromatic N) is 4. The first-order chi connectivity index (χ1) is 16.7. The Kier molecular flexibility index (Phi) is 6.67. The number of benzene rings is 1. The van der Waals surface area contributed by atoms with Crippen LogP contribution in [0.15, 0.2) is 42.7 Å². The van der Waals surface area contributed by atoms with E-state index in [-0.39, 0.29) is 5.91 Å². The summed E-state index contributed by atoms with van der Waals surface area (Å²) in [6, 6.07) is 9.89. The molecule has 1 fully saturated rings. The fraction of sp³-hybridized carbons (Fsp3) is 0.385. The average Bonchev–Trinajstić information content (AvgIpc) is 3.31. The number of aromatic nitrogens is 4. The summed E-state index contributed by atoms with van der Waals surface area (Å²) in [7, 11) is 0. The number of carbonyl (C=O) groups excluding carboxylic acids is 1. The van der Waals surface area contributed by atoms with Crippen LogP contribution in [0.1, 0.15) is 43.2 Å². The van der Waals surface area contributed by atoms with E-state index in [9.17, 15) is 4.79 Å². The van der Waals surface area contributed by atoms with Crippen molar-refractivity contribution in [3.8, 4) is 11.3 Å². The Morgan fingerprint density at radius 3 is 2.82 bits per heavy atom. The third-order valence-corrected chi connectivity index (χ3v) is 6.36. The molecule has 0 saturated carbocycles. The van der Waals surface area contributed by atoms with Gasteiger partial charge in [0.2, 0.25) is 0 Å². The highest BCUT2D eigenvalue weighted by molar-refractivity contribution is 5.96. The first-order valence-electron chi connectivity index (χ1n) is 12.2. The fourth-order valence-corrected chi connectivity index (χ4v) is 4.60. The van der Waals surface area contributed by atoms with Crippen LogP contribution in [-0.2, 0) is 0 Å². The van der Waals surface area contributed by atoms with Crippen LogP contribution in [0.5, 0.6) is 0 Å². The number of fused-ring (bicyclic) bond motifs is 2. The Balaban J connectivity index is 1.30. The van der Waals surface area contributed by atoms with Gasteiger partial charge in [-0.1, -0.05) is 12.5 Å². The molecule has 4 aromatic rings. The van der Waals surface area contributed by atoms with E-state index in [0.29, 0.717) is 12.4 Å². The van der Waals surface area contributed by atoms with E-state index < -0.39 is 0 Å². The normalized spacial score (nSPS) is 14.5. The molecule has 4 heterocycles. The number of rotatable bonds is 8. The number of hydrogen-bond acceptors (Lipinski definition) is 6. The van der Waals surface area contributed by atoms with Crippen LogP contribution in [0.25, 0.3) is 33.2 Å². The summed E-state index contributed by atoms with van der Waals surface area (Å²) in [6.07, 6.45) is 8.45. The lowest BCUT2D eigenvalue weighted by Gasteiger charge is -2.26. The molecule has 0 atom stereocenters. The van der Waals surface area contributed by atoms with Crippen molar-refractivity contribution >= 4 is 33.5 Å². The summed E-state index contributed by atoms with van der Waals surface area (Å²) in [6.45, 7) is 6.93. The van der Waals surface area contributed by atoms with Crippen molar-refractivity contribution in [1.29, 1.82) is 0 Å². The first-order valence-corrected chi connectivity index (χ1v) is 12.2. The first kappa shape index (κ1) is 22.3. The molecule has 0 aliphatic carbocycles. The number of carbonyl (C=O) groups is 1. The van der Waals surface area contributed by atoms with E-state index in [0.717, 1.165) is 58.4 Å². The Hall–Kier alpha value is -3.52. The minimum atomic E-state index is -0.165. The zero-order valence-electron chi connectivity index (χ0n) is 19.6. The van der Waals surface area contributed by atoms with Gasteiger partial charge in [-0.15, -0.1) is 0 Å². The molecule has 34 heavy (non-hydrogen) atoms. The number of piperidine rings is 1. The predicted octanol–water partition coefficient (Wildman–Crippen LogP) is 4.21. The standard InChI is InChI=1S/C26H31N7O/c1-2-28-23-16-22(30-20-9-11-27-17-19(20)23)18-7-8-21-24(15-18)32-25(31-21)26(34)29-10-6-14-33-12-4-3-5-13-33/h7-9,11,15-17H,2-6,10,12-14H2,1H3,(H,28,30)(H,29,34)(H,31,32). The average molecular weight is 458 g/mol. The van der Waals surface area contributed by atoms with Crippen LogP contribution in [0.3, 0.4) is 0 Å². The van der Waals surface area contributed by atoms with Crippen LogP contribution in [0.4, 0.5) is 5.69 Å². The van der Waals surface area contributed by atoms with Crippen LogP contribution >= 0.6 is 0 Å². The predicted molar refractivity (Wildman–Crippen MR) is 136 cm³/mol. The third kappa shape index (κ3) is 4.87. The number of hydrogen-bond donors (Lipinski definition) is 3. The van der Waals surface area contributed by atoms with Gasteiger partial charge < -0.3 is 20.5 Å². The fourth-order valence-electron chi connectivity index (χ4n) is 4.60. The van der Waals surface area contributed by atoms with Gasteiger partial charge >= 0.3 is 0 Å². The molecule has 1 aliphatic heterocycles. The molecule has 8 heteroatoms. The molecule has 1 amide bonds. The van der Waals surface area contributed by atoms with Gasteiger partial charge in [0.15, 0.2) is 5.82 Å². The van der Waals surface area contributed by atoms with Crippen LogP contribution < -0.4 is 10.6 Å². The van der Waals surface area contributed by atoms with Gasteiger partial charge in [-0.2, -0.15) is 0 Å². The smallest absolute Gasteiger partial charge is 0.287 e. The van der Waals surface area contributed by atoms with E-state index in [4.69, 9.17) is 4.98 Å². The zero-order chi connectivity index (χ0) is 23.3. The number of aromatic amines is 1. The Morgan fingerprint density at radius 2 is 1.97 bits per heavy atom. The van der Waals surface area contributed by atoms with Gasteiger partial charge in [0.1, 0.15) is 0 Å². The molecule has 1 aromatic carbocycles. The highest BCUT2D eigenvalue weighted by Crippen LogP contribution is 2.29. The lowest BCUT2D eigenvalue weighted by Crippen LogP contribution is -2.33. The topological polar surface area (TPSA) is 98.8 Å². The quantitative estimate of drug-likeness (QED) is 0.343. The van der Waals surface area contributed by atoms with Crippen molar-refractivity contribution in [2.75, 3.05) is 38.0 Å². The number of anilines is 1. The zero-order valence-corrected chi connectivity index (χ0v) is 19.6. The maximum Gasteiger partial charge on any atom is 0.287 e. The summed E-state index contributed by atoms with van der Waals surface area (Å²) >= 11 is 0. The van der Waals surface area contributed by atoms with E-state index in [1.807, 2.05) is 36.5 Å². The molecule has 0 spiro atoms. The number of nitrogens with one attached hydrogen (secondary N) is 3. The minimum absolute atomic E-state index is 0.165. The van der Waals surface area contributed by atoms with E-state index in [1.54, 1.807) is 6.20 Å². The summed E-state index contributed by atoms with van der Waals surface area (Å²) in [5.41, 5.74) is 5.29. The lowest BCUT2D eigenvalue weighted by molar-refractivity contribution is 0.0942. The van der Waals surface area contributed by atoms with E-state index >= 15 is 0 Å². The van der Waals surface area contributed by atoms with E-state index in [1.165, 1.54) is 32.4 Å². The SMILES string of the molecule is CCNc1cc(-c2ccc3nc(C(=O)NCCCN4CCCCC4)[nH]c3c2)nc2ccncc12. The second-order valence-corrected chi connectivity index (χ2v) is 8.81. The molecule has 1 aliphatic rings. The summed E-state index contributed by atoms with van der Waals surface area (Å²) in [4.78, 5) is 31.9. The second-order valence-electron chi connectivity index (χ2n) is 8.81. The van der Waals surface area contributed by atoms with Gasteiger partial charge in [-0.25, -0.2) is 9.97 Å². The molecular weight excluding hydrogens is 426 g/mol. The van der Waals surface area contributed by atoms with Crippen LogP contribution in [0, 0.1) is 0 Å². The number of imidazole rings is 1. The van der Waals surface area contributed by atoms with Gasteiger partial charge in [0.05, 0.1) is 22.2 Å². The van der Waals surface area contributed by atoms with Gasteiger partial charge in [-0.05, 0) is 70.1 Å². The lowest BCUT2D eigenvalue weighted by atomic mass is 10.1. The molecule has 176 valence electrons. The maximum atomic E-state index is 12.6. The Morgan fingerprint density at radius 1 is 1.09 bits per heavy atom. The van der Waals surface area contributed by atoms with Crippen molar-refractivity contribution in [3.63, 3.8) is 0 Å². The third-order valence-electron chi connectivity index (χ3n) is 6.36. The minimum Gasteiger partial charge on any atom is -0.385 e. The van der Waals surface area contributed by atoms with Crippen molar-refractivity contribution in [3.05, 3.63) is 48.5 Å². The van der Waals surface area contributed by atoms with Crippen LogP contribution in [-0.4, -0.2) is 63.5 Å². The second kappa shape index (κ2) is 10.2. The highest BCUT2D eigenvalue weighted by Gasteiger charge is 2.14. The summed E-state index contributed by atoms with van der Waals surface area (Å²) in [5, 5.41) is 7.40. The number of likely N-dealkylation sites (tertiary alicyclic amines) is 1. The monoisotopic (exact) mass is 457 g/mol. The van der Waals surface area contributed by atoms with Crippen LogP contribution in [0.2, 0.25) is 0 Å². The molecule has 0 radical (unpaired) electrons. The highest BCUT2D eigenvalue weighted by atomic mass is 16.2. The van der Waals surface area contributed by atoms with Gasteiger partial charge in [-0.3, -0.25) is 9.78 Å². The van der Waals surface area contributed by atoms with Crippen molar-refractivity contribution < 1.29 is 4.79 Å². The molecular formula is C26H31N7O. The Bertz CT molecular complexity index is 1290. The van der Waals surface area contributed by atoms with Gasteiger partial charge in [0.25, 0.3) is 5.91 Å². The molecule has 5 rings (SSSR count). The van der Waals surface area contributed by atoms with Gasteiger partial charge in [0, 0.05) is 42.1 Å². The largest absolute Gasteiger partial charge is 0.385 e. The molecule has 3 aromatic heterocycles. The molecule has 0 bridgehead atoms.